The third-order valence-corrected chi connectivity index (χ3v) is 7.05. The smallest absolute Gasteiger partial charge is 0.322 e. The van der Waals surface area contributed by atoms with Crippen LogP contribution in [0.1, 0.15) is 34.3 Å². The van der Waals surface area contributed by atoms with Gasteiger partial charge in [0.25, 0.3) is 11.8 Å². The number of aromatic nitrogens is 2. The molecule has 3 aliphatic rings. The predicted molar refractivity (Wildman–Crippen MR) is 126 cm³/mol. The third-order valence-electron chi connectivity index (χ3n) is 7.05. The number of benzene rings is 2. The maximum Gasteiger partial charge on any atom is 0.322 e. The molecule has 1 saturated carbocycles. The van der Waals surface area contributed by atoms with Gasteiger partial charge in [0.2, 0.25) is 0 Å². The largest absolute Gasteiger partial charge is 0.497 e. The molecule has 2 N–H and O–H groups in total. The molecule has 2 fully saturated rings. The van der Waals surface area contributed by atoms with Crippen molar-refractivity contribution in [2.24, 2.45) is 5.92 Å². The predicted octanol–water partition coefficient (Wildman–Crippen LogP) is 2.66. The van der Waals surface area contributed by atoms with Gasteiger partial charge < -0.3 is 15.0 Å². The molecule has 0 radical (unpaired) electrons. The van der Waals surface area contributed by atoms with Crippen LogP contribution in [0.4, 0.5) is 4.79 Å². The van der Waals surface area contributed by atoms with E-state index in [0.29, 0.717) is 23.4 Å². The SMILES string of the molecule is COc1ccc2c(c1)C(=O)N(C[C@@]1(c3ccc(-c4cnn(CC5CC5)c4)cc3)NC(=O)NC1=O)C2. The molecule has 4 amide bonds. The van der Waals surface area contributed by atoms with E-state index in [-0.39, 0.29) is 12.5 Å². The number of imide groups is 1. The molecule has 6 rings (SSSR count). The maximum absolute atomic E-state index is 13.2. The Labute approximate surface area is 202 Å². The average molecular weight is 472 g/mol. The van der Waals surface area contributed by atoms with Crippen molar-refractivity contribution in [1.82, 2.24) is 25.3 Å². The maximum atomic E-state index is 13.2. The monoisotopic (exact) mass is 471 g/mol. The zero-order chi connectivity index (χ0) is 24.2. The Balaban J connectivity index is 1.28. The van der Waals surface area contributed by atoms with Crippen LogP contribution in [-0.2, 0) is 23.4 Å². The van der Waals surface area contributed by atoms with Crippen LogP contribution in [-0.4, -0.2) is 46.2 Å². The number of nitrogens with one attached hydrogen (secondary N) is 2. The number of methoxy groups -OCH3 is 1. The minimum absolute atomic E-state index is 0.0130. The Kier molecular flexibility index (Phi) is 4.87. The first-order chi connectivity index (χ1) is 16.9. The minimum atomic E-state index is -1.38. The van der Waals surface area contributed by atoms with Crippen molar-refractivity contribution in [1.29, 1.82) is 0 Å². The average Bonchev–Trinajstić information content (AvgIpc) is 3.34. The standard InChI is InChI=1S/C26H25N5O4/c1-35-21-9-6-18-13-30(23(32)22(18)10-21)15-26(24(33)28-25(34)29-26)20-7-4-17(5-8-20)19-11-27-31(14-19)12-16-2-3-16/h4-11,14,16H,2-3,12-13,15H2,1H3,(H2,28,29,33,34)/t26-/m0/s1. The molecule has 0 bridgehead atoms. The van der Waals surface area contributed by atoms with Gasteiger partial charge in [-0.25, -0.2) is 4.79 Å². The fourth-order valence-corrected chi connectivity index (χ4v) is 4.90. The van der Waals surface area contributed by atoms with Crippen molar-refractivity contribution >= 4 is 17.8 Å². The number of urea groups is 1. The summed E-state index contributed by atoms with van der Waals surface area (Å²) in [4.78, 5) is 40.0. The van der Waals surface area contributed by atoms with Crippen molar-refractivity contribution < 1.29 is 19.1 Å². The second-order valence-electron chi connectivity index (χ2n) is 9.47. The Bertz CT molecular complexity index is 1340. The van der Waals surface area contributed by atoms with Gasteiger partial charge >= 0.3 is 6.03 Å². The number of ether oxygens (including phenoxy) is 1. The molecule has 35 heavy (non-hydrogen) atoms. The highest BCUT2D eigenvalue weighted by molar-refractivity contribution is 6.08. The van der Waals surface area contributed by atoms with Gasteiger partial charge in [0.1, 0.15) is 5.75 Å². The highest BCUT2D eigenvalue weighted by Gasteiger charge is 2.50. The van der Waals surface area contributed by atoms with E-state index in [1.54, 1.807) is 24.1 Å². The molecule has 9 heteroatoms. The van der Waals surface area contributed by atoms with E-state index in [9.17, 15) is 14.4 Å². The van der Waals surface area contributed by atoms with Crippen molar-refractivity contribution in [3.05, 3.63) is 71.5 Å². The van der Waals surface area contributed by atoms with Crippen LogP contribution in [0.25, 0.3) is 11.1 Å². The lowest BCUT2D eigenvalue weighted by Crippen LogP contribution is -2.52. The van der Waals surface area contributed by atoms with Crippen LogP contribution in [0.2, 0.25) is 0 Å². The molecule has 0 spiro atoms. The van der Waals surface area contributed by atoms with Crippen LogP contribution in [0.3, 0.4) is 0 Å². The number of carbonyl (C=O) groups is 3. The lowest BCUT2D eigenvalue weighted by Gasteiger charge is -2.31. The summed E-state index contributed by atoms with van der Waals surface area (Å²) >= 11 is 0. The fraction of sp³-hybridized carbons (Fsp3) is 0.308. The van der Waals surface area contributed by atoms with Gasteiger partial charge in [-0.05, 0) is 47.6 Å². The molecule has 178 valence electrons. The minimum Gasteiger partial charge on any atom is -0.497 e. The zero-order valence-corrected chi connectivity index (χ0v) is 19.3. The molecular weight excluding hydrogens is 446 g/mol. The number of hydrogen-bond donors (Lipinski definition) is 2. The summed E-state index contributed by atoms with van der Waals surface area (Å²) in [6, 6.07) is 12.3. The molecule has 1 aliphatic carbocycles. The van der Waals surface area contributed by atoms with E-state index in [2.05, 4.69) is 15.7 Å². The lowest BCUT2D eigenvalue weighted by molar-refractivity contribution is -0.124. The molecule has 0 unspecified atom stereocenters. The number of nitrogens with zero attached hydrogens (tertiary/aromatic N) is 3. The highest BCUT2D eigenvalue weighted by Crippen LogP contribution is 2.34. The van der Waals surface area contributed by atoms with Crippen LogP contribution in [0, 0.1) is 5.92 Å². The van der Waals surface area contributed by atoms with Crippen molar-refractivity contribution in [2.75, 3.05) is 13.7 Å². The van der Waals surface area contributed by atoms with Crippen LogP contribution in [0.5, 0.6) is 5.75 Å². The van der Waals surface area contributed by atoms with Gasteiger partial charge in [0.15, 0.2) is 5.54 Å². The Morgan fingerprint density at radius 3 is 2.57 bits per heavy atom. The van der Waals surface area contributed by atoms with Gasteiger partial charge in [-0.3, -0.25) is 19.6 Å². The highest BCUT2D eigenvalue weighted by atomic mass is 16.5. The number of hydrogen-bond acceptors (Lipinski definition) is 5. The van der Waals surface area contributed by atoms with E-state index >= 15 is 0 Å². The molecule has 1 aromatic heterocycles. The van der Waals surface area contributed by atoms with Crippen molar-refractivity contribution in [3.8, 4) is 16.9 Å². The summed E-state index contributed by atoms with van der Waals surface area (Å²) in [5.41, 5.74) is 2.58. The first kappa shape index (κ1) is 21.4. The summed E-state index contributed by atoms with van der Waals surface area (Å²) in [5.74, 6) is 0.646. The summed E-state index contributed by atoms with van der Waals surface area (Å²) in [6.07, 6.45) is 6.39. The number of carbonyl (C=O) groups excluding carboxylic acids is 3. The summed E-state index contributed by atoms with van der Waals surface area (Å²) in [7, 11) is 1.55. The first-order valence-corrected chi connectivity index (χ1v) is 11.7. The van der Waals surface area contributed by atoms with E-state index in [0.717, 1.165) is 29.2 Å². The van der Waals surface area contributed by atoms with Gasteiger partial charge in [-0.1, -0.05) is 30.3 Å². The lowest BCUT2D eigenvalue weighted by atomic mass is 9.88. The second-order valence-corrected chi connectivity index (χ2v) is 9.47. The number of fused-ring (bicyclic) bond motifs is 1. The quantitative estimate of drug-likeness (QED) is 0.516. The Morgan fingerprint density at radius 1 is 1.09 bits per heavy atom. The topological polar surface area (TPSA) is 106 Å². The summed E-state index contributed by atoms with van der Waals surface area (Å²) in [5, 5.41) is 9.59. The van der Waals surface area contributed by atoms with E-state index < -0.39 is 17.5 Å². The number of rotatable bonds is 7. The molecule has 2 aliphatic heterocycles. The van der Waals surface area contributed by atoms with E-state index in [1.165, 1.54) is 12.8 Å². The Morgan fingerprint density at radius 2 is 1.89 bits per heavy atom. The van der Waals surface area contributed by atoms with Gasteiger partial charge in [-0.15, -0.1) is 0 Å². The van der Waals surface area contributed by atoms with Crippen molar-refractivity contribution in [2.45, 2.75) is 31.5 Å². The third kappa shape index (κ3) is 3.73. The summed E-state index contributed by atoms with van der Waals surface area (Å²) < 4.78 is 7.22. The van der Waals surface area contributed by atoms with Gasteiger partial charge in [-0.2, -0.15) is 5.10 Å². The van der Waals surface area contributed by atoms with E-state index in [1.807, 2.05) is 47.4 Å². The molecule has 3 heterocycles. The van der Waals surface area contributed by atoms with Gasteiger partial charge in [0.05, 0.1) is 19.9 Å². The van der Waals surface area contributed by atoms with E-state index in [4.69, 9.17) is 4.74 Å². The van der Waals surface area contributed by atoms with Crippen LogP contribution >= 0.6 is 0 Å². The summed E-state index contributed by atoms with van der Waals surface area (Å²) in [6.45, 7) is 1.30. The fourth-order valence-electron chi connectivity index (χ4n) is 4.90. The van der Waals surface area contributed by atoms with Crippen molar-refractivity contribution in [3.63, 3.8) is 0 Å². The normalized spacial score (nSPS) is 21.2. The van der Waals surface area contributed by atoms with Gasteiger partial charge in [0, 0.05) is 30.4 Å². The van der Waals surface area contributed by atoms with Crippen LogP contribution in [0.15, 0.2) is 54.9 Å². The molecular formula is C26H25N5O4. The first-order valence-electron chi connectivity index (χ1n) is 11.7. The molecule has 3 aromatic rings. The van der Waals surface area contributed by atoms with Crippen LogP contribution < -0.4 is 15.4 Å². The Hall–Kier alpha value is -4.14. The molecule has 2 aromatic carbocycles. The zero-order valence-electron chi connectivity index (χ0n) is 19.3. The molecule has 1 atom stereocenters. The number of amides is 4. The molecule has 1 saturated heterocycles. The molecule has 9 nitrogen and oxygen atoms in total. The second kappa shape index (κ2) is 7.97.